The first-order valence-electron chi connectivity index (χ1n) is 10.6. The molecule has 4 rings (SSSR count). The van der Waals surface area contributed by atoms with Gasteiger partial charge in [0.15, 0.2) is 5.82 Å². The maximum atomic E-state index is 13.2. The molecule has 1 fully saturated rings. The van der Waals surface area contributed by atoms with Gasteiger partial charge in [0.1, 0.15) is 11.4 Å². The first kappa shape index (κ1) is 21.5. The van der Waals surface area contributed by atoms with Gasteiger partial charge in [-0.15, -0.1) is 0 Å². The lowest BCUT2D eigenvalue weighted by Crippen LogP contribution is -2.38. The molecule has 1 saturated carbocycles. The quantitative estimate of drug-likeness (QED) is 0.525. The van der Waals surface area contributed by atoms with E-state index in [0.717, 1.165) is 19.4 Å². The second-order valence-electron chi connectivity index (χ2n) is 8.05. The molecule has 7 nitrogen and oxygen atoms in total. The van der Waals surface area contributed by atoms with E-state index in [4.69, 9.17) is 5.73 Å². The minimum Gasteiger partial charge on any atom is -0.365 e. The Labute approximate surface area is 186 Å². The third-order valence-electron chi connectivity index (χ3n) is 5.86. The average Bonchev–Trinajstić information content (AvgIpc) is 3.23. The third-order valence-corrected chi connectivity index (χ3v) is 5.86. The maximum absolute atomic E-state index is 13.2. The number of nitrogens with two attached hydrogens (primary N) is 1. The molecule has 0 spiro atoms. The van der Waals surface area contributed by atoms with Crippen LogP contribution in [-0.4, -0.2) is 21.7 Å². The SMILES string of the molecule is N#C[C@H]1CC[C@@H](NCc2ccccc2)C[C@@H]1n1cc(C(N)=O)c(Nc2ccc(F)cc2)n1. The Balaban J connectivity index is 1.53. The van der Waals surface area contributed by atoms with Crippen molar-refractivity contribution < 1.29 is 9.18 Å². The van der Waals surface area contributed by atoms with Gasteiger partial charge in [-0.2, -0.15) is 10.4 Å². The second-order valence-corrected chi connectivity index (χ2v) is 8.05. The van der Waals surface area contributed by atoms with Crippen LogP contribution in [0.25, 0.3) is 0 Å². The predicted molar refractivity (Wildman–Crippen MR) is 119 cm³/mol. The summed E-state index contributed by atoms with van der Waals surface area (Å²) in [6, 6.07) is 18.3. The molecule has 2 aromatic carbocycles. The summed E-state index contributed by atoms with van der Waals surface area (Å²) in [6.07, 6.45) is 3.94. The maximum Gasteiger partial charge on any atom is 0.254 e. The smallest absolute Gasteiger partial charge is 0.254 e. The highest BCUT2D eigenvalue weighted by molar-refractivity contribution is 5.98. The van der Waals surface area contributed by atoms with Gasteiger partial charge in [0.2, 0.25) is 0 Å². The van der Waals surface area contributed by atoms with E-state index in [9.17, 15) is 14.4 Å². The molecule has 1 aromatic heterocycles. The van der Waals surface area contributed by atoms with Crippen molar-refractivity contribution in [1.82, 2.24) is 15.1 Å². The number of hydrogen-bond acceptors (Lipinski definition) is 5. The molecule has 1 heterocycles. The number of hydrogen-bond donors (Lipinski definition) is 3. The Kier molecular flexibility index (Phi) is 6.47. The fourth-order valence-corrected chi connectivity index (χ4v) is 4.14. The number of carbonyl (C=O) groups excluding carboxylic acids is 1. The zero-order valence-electron chi connectivity index (χ0n) is 17.5. The Morgan fingerprint density at radius 3 is 2.62 bits per heavy atom. The molecule has 1 aliphatic rings. The van der Waals surface area contributed by atoms with Gasteiger partial charge in [0, 0.05) is 24.5 Å². The van der Waals surface area contributed by atoms with Crippen molar-refractivity contribution in [3.63, 3.8) is 0 Å². The lowest BCUT2D eigenvalue weighted by atomic mass is 9.82. The number of amides is 1. The zero-order valence-corrected chi connectivity index (χ0v) is 17.5. The lowest BCUT2D eigenvalue weighted by Gasteiger charge is -2.33. The van der Waals surface area contributed by atoms with Crippen LogP contribution in [-0.2, 0) is 6.54 Å². The largest absolute Gasteiger partial charge is 0.365 e. The van der Waals surface area contributed by atoms with E-state index in [1.807, 2.05) is 18.2 Å². The number of nitrogens with one attached hydrogen (secondary N) is 2. The standard InChI is InChI=1S/C24H25FN6O/c25-18-7-10-19(11-8-18)29-24-21(23(27)32)15-31(30-24)22-12-20(9-6-17(22)13-26)28-14-16-4-2-1-3-5-16/h1-5,7-8,10-11,15,17,20,22,28H,6,9,12,14H2,(H2,27,32)(H,29,30)/t17-,20-,22+/m1/s1. The Bertz CT molecular complexity index is 1110. The normalized spacial score (nSPS) is 20.4. The third kappa shape index (κ3) is 4.95. The highest BCUT2D eigenvalue weighted by Crippen LogP contribution is 2.35. The van der Waals surface area contributed by atoms with E-state index in [2.05, 4.69) is 33.9 Å². The summed E-state index contributed by atoms with van der Waals surface area (Å²) in [5.74, 6) is -0.905. The number of carbonyl (C=O) groups is 1. The van der Waals surface area contributed by atoms with E-state index < -0.39 is 5.91 Å². The number of nitriles is 1. The van der Waals surface area contributed by atoms with E-state index in [-0.39, 0.29) is 29.4 Å². The Hall–Kier alpha value is -3.70. The van der Waals surface area contributed by atoms with Gasteiger partial charge in [0.25, 0.3) is 5.91 Å². The van der Waals surface area contributed by atoms with Crippen molar-refractivity contribution in [2.45, 2.75) is 37.9 Å². The number of halogens is 1. The van der Waals surface area contributed by atoms with Gasteiger partial charge < -0.3 is 16.4 Å². The van der Waals surface area contributed by atoms with Gasteiger partial charge in [-0.25, -0.2) is 4.39 Å². The van der Waals surface area contributed by atoms with E-state index in [0.29, 0.717) is 17.9 Å². The molecule has 1 amide bonds. The van der Waals surface area contributed by atoms with Crippen LogP contribution >= 0.6 is 0 Å². The molecule has 4 N–H and O–H groups in total. The van der Waals surface area contributed by atoms with Gasteiger partial charge in [0.05, 0.1) is 18.0 Å². The Morgan fingerprint density at radius 1 is 1.19 bits per heavy atom. The van der Waals surface area contributed by atoms with Crippen LogP contribution in [0.4, 0.5) is 15.9 Å². The van der Waals surface area contributed by atoms with Crippen LogP contribution < -0.4 is 16.4 Å². The summed E-state index contributed by atoms with van der Waals surface area (Å²) >= 11 is 0. The topological polar surface area (TPSA) is 109 Å². The molecule has 164 valence electrons. The van der Waals surface area contributed by atoms with Crippen LogP contribution in [0.2, 0.25) is 0 Å². The number of nitrogens with zero attached hydrogens (tertiary/aromatic N) is 3. The summed E-state index contributed by atoms with van der Waals surface area (Å²) in [6.45, 7) is 0.748. The monoisotopic (exact) mass is 432 g/mol. The summed E-state index contributed by atoms with van der Waals surface area (Å²) < 4.78 is 14.9. The average molecular weight is 433 g/mol. The van der Waals surface area contributed by atoms with Crippen LogP contribution in [0.3, 0.4) is 0 Å². The fourth-order valence-electron chi connectivity index (χ4n) is 4.14. The van der Waals surface area contributed by atoms with Crippen molar-refractivity contribution in [2.24, 2.45) is 11.7 Å². The number of primary amides is 1. The molecule has 0 radical (unpaired) electrons. The van der Waals surface area contributed by atoms with Crippen LogP contribution in [0, 0.1) is 23.1 Å². The summed E-state index contributed by atoms with van der Waals surface area (Å²) in [4.78, 5) is 12.0. The molecule has 0 saturated heterocycles. The zero-order chi connectivity index (χ0) is 22.5. The fraction of sp³-hybridized carbons (Fsp3) is 0.292. The number of aromatic nitrogens is 2. The van der Waals surface area contributed by atoms with Crippen molar-refractivity contribution >= 4 is 17.4 Å². The molecular weight excluding hydrogens is 407 g/mol. The van der Waals surface area contributed by atoms with Crippen molar-refractivity contribution in [1.29, 1.82) is 5.26 Å². The Morgan fingerprint density at radius 2 is 1.94 bits per heavy atom. The van der Waals surface area contributed by atoms with Crippen LogP contribution in [0.1, 0.15) is 41.2 Å². The first-order chi connectivity index (χ1) is 15.5. The molecule has 32 heavy (non-hydrogen) atoms. The lowest BCUT2D eigenvalue weighted by molar-refractivity contribution is 0.100. The minimum atomic E-state index is -0.621. The number of rotatable bonds is 7. The van der Waals surface area contributed by atoms with Gasteiger partial charge in [-0.05, 0) is 49.1 Å². The molecule has 3 aromatic rings. The summed E-state index contributed by atoms with van der Waals surface area (Å²) in [7, 11) is 0. The molecule has 0 unspecified atom stereocenters. The van der Waals surface area contributed by atoms with Crippen molar-refractivity contribution in [2.75, 3.05) is 5.32 Å². The van der Waals surface area contributed by atoms with Gasteiger partial charge in [-0.3, -0.25) is 9.48 Å². The van der Waals surface area contributed by atoms with E-state index in [1.54, 1.807) is 23.0 Å². The first-order valence-corrected chi connectivity index (χ1v) is 10.6. The van der Waals surface area contributed by atoms with E-state index >= 15 is 0 Å². The summed E-state index contributed by atoms with van der Waals surface area (Å²) in [5, 5.41) is 20.9. The molecule has 0 aliphatic heterocycles. The number of benzene rings is 2. The molecule has 8 heteroatoms. The van der Waals surface area contributed by atoms with E-state index in [1.165, 1.54) is 17.7 Å². The van der Waals surface area contributed by atoms with Crippen molar-refractivity contribution in [3.8, 4) is 6.07 Å². The highest BCUT2D eigenvalue weighted by Gasteiger charge is 2.33. The van der Waals surface area contributed by atoms with Crippen LogP contribution in [0.5, 0.6) is 0 Å². The molecular formula is C24H25FN6O. The minimum absolute atomic E-state index is 0.191. The van der Waals surface area contributed by atoms with Gasteiger partial charge >= 0.3 is 0 Å². The molecule has 3 atom stereocenters. The van der Waals surface area contributed by atoms with Crippen molar-refractivity contribution in [3.05, 3.63) is 77.7 Å². The number of anilines is 2. The van der Waals surface area contributed by atoms with Crippen LogP contribution in [0.15, 0.2) is 60.8 Å². The predicted octanol–water partition coefficient (Wildman–Crippen LogP) is 3.89. The molecule has 0 bridgehead atoms. The molecule has 1 aliphatic carbocycles. The second kappa shape index (κ2) is 9.62. The van der Waals surface area contributed by atoms with Gasteiger partial charge in [-0.1, -0.05) is 30.3 Å². The highest BCUT2D eigenvalue weighted by atomic mass is 19.1. The summed E-state index contributed by atoms with van der Waals surface area (Å²) in [5.41, 5.74) is 7.59.